The van der Waals surface area contributed by atoms with E-state index in [1.54, 1.807) is 0 Å². The van der Waals surface area contributed by atoms with Gasteiger partial charge in [0.25, 0.3) is 0 Å². The van der Waals surface area contributed by atoms with Crippen molar-refractivity contribution in [3.63, 3.8) is 0 Å². The van der Waals surface area contributed by atoms with Crippen LogP contribution in [0.1, 0.15) is 19.3 Å². The third kappa shape index (κ3) is 5.31. The van der Waals surface area contributed by atoms with Crippen molar-refractivity contribution in [3.05, 3.63) is 36.5 Å². The molecule has 1 saturated heterocycles. The number of hydrogen-bond donors (Lipinski definition) is 2. The van der Waals surface area contributed by atoms with Gasteiger partial charge in [0.1, 0.15) is 0 Å². The molecule has 2 N–H and O–H groups in total. The van der Waals surface area contributed by atoms with Gasteiger partial charge in [0.05, 0.1) is 0 Å². The summed E-state index contributed by atoms with van der Waals surface area (Å²) in [5.41, 5.74) is 1.31. The summed E-state index contributed by atoms with van der Waals surface area (Å²) in [6.07, 6.45) is 5.94. The van der Waals surface area contributed by atoms with E-state index in [0.29, 0.717) is 0 Å². The zero-order chi connectivity index (χ0) is 15.9. The lowest BCUT2D eigenvalue weighted by Gasteiger charge is -2.15. The molecule has 2 aromatic rings. The number of fused-ring (bicyclic) bond motifs is 1. The van der Waals surface area contributed by atoms with Crippen LogP contribution in [-0.4, -0.2) is 41.7 Å². The molecular formula is C18H27IN4S. The van der Waals surface area contributed by atoms with Gasteiger partial charge in [-0.2, -0.15) is 11.8 Å². The molecule has 3 rings (SSSR count). The number of hydrogen-bond acceptors (Lipinski definition) is 2. The van der Waals surface area contributed by atoms with Crippen molar-refractivity contribution >= 4 is 52.6 Å². The number of halogens is 1. The maximum absolute atomic E-state index is 4.31. The first-order valence-electron chi connectivity index (χ1n) is 8.47. The Labute approximate surface area is 165 Å². The van der Waals surface area contributed by atoms with E-state index >= 15 is 0 Å². The van der Waals surface area contributed by atoms with Gasteiger partial charge in [0.15, 0.2) is 5.96 Å². The second-order valence-electron chi connectivity index (χ2n) is 5.94. The molecule has 0 aliphatic carbocycles. The molecule has 1 aliphatic heterocycles. The third-order valence-corrected chi connectivity index (χ3v) is 5.69. The zero-order valence-electron chi connectivity index (χ0n) is 14.2. The summed E-state index contributed by atoms with van der Waals surface area (Å²) < 4.78 is 2.32. The molecule has 4 nitrogen and oxygen atoms in total. The number of aliphatic imine (C=N–C) groups is 1. The second kappa shape index (κ2) is 10.2. The van der Waals surface area contributed by atoms with Gasteiger partial charge in [-0.05, 0) is 42.5 Å². The minimum Gasteiger partial charge on any atom is -0.356 e. The lowest BCUT2D eigenvalue weighted by atomic mass is 10.2. The number of aryl methyl sites for hydroxylation is 1. The fourth-order valence-electron chi connectivity index (χ4n) is 3.03. The fraction of sp³-hybridized carbons (Fsp3) is 0.500. The van der Waals surface area contributed by atoms with Gasteiger partial charge in [-0.15, -0.1) is 24.0 Å². The van der Waals surface area contributed by atoms with Crippen LogP contribution in [0.2, 0.25) is 0 Å². The summed E-state index contributed by atoms with van der Waals surface area (Å²) in [6.45, 7) is 2.98. The van der Waals surface area contributed by atoms with Crippen LogP contribution in [0.15, 0.2) is 41.5 Å². The van der Waals surface area contributed by atoms with E-state index in [-0.39, 0.29) is 24.0 Å². The number of nitrogens with one attached hydrogen (secondary N) is 2. The molecule has 1 aromatic carbocycles. The van der Waals surface area contributed by atoms with Crippen LogP contribution in [-0.2, 0) is 6.54 Å². The molecule has 0 saturated carbocycles. The van der Waals surface area contributed by atoms with E-state index in [9.17, 15) is 0 Å². The van der Waals surface area contributed by atoms with Gasteiger partial charge in [0.2, 0.25) is 0 Å². The zero-order valence-corrected chi connectivity index (χ0v) is 17.3. The topological polar surface area (TPSA) is 41.4 Å². The van der Waals surface area contributed by atoms with Crippen molar-refractivity contribution in [3.8, 4) is 0 Å². The summed E-state index contributed by atoms with van der Waals surface area (Å²) in [5, 5.41) is 8.93. The maximum atomic E-state index is 4.31. The number of nitrogens with zero attached hydrogens (tertiary/aromatic N) is 2. The van der Waals surface area contributed by atoms with Crippen molar-refractivity contribution in [2.24, 2.45) is 4.99 Å². The van der Waals surface area contributed by atoms with Gasteiger partial charge in [0, 0.05) is 43.6 Å². The Bertz CT molecular complexity index is 649. The quantitative estimate of drug-likeness (QED) is 0.300. The van der Waals surface area contributed by atoms with Gasteiger partial charge < -0.3 is 15.2 Å². The SMILES string of the molecule is CN=C(NCCCn1ccc2ccccc21)NCC1CCCS1.I. The average molecular weight is 458 g/mol. The first-order chi connectivity index (χ1) is 11.4. The Hall–Kier alpha value is -0.890. The van der Waals surface area contributed by atoms with E-state index < -0.39 is 0 Å². The molecule has 24 heavy (non-hydrogen) atoms. The molecule has 1 aliphatic rings. The molecule has 1 atom stereocenters. The van der Waals surface area contributed by atoms with Gasteiger partial charge in [-0.25, -0.2) is 0 Å². The standard InChI is InChI=1S/C18H26N4S.HI/c1-19-18(21-14-16-7-4-13-23-16)20-10-5-11-22-12-9-15-6-2-3-8-17(15)22;/h2-3,6,8-9,12,16H,4-5,7,10-11,13-14H2,1H3,(H2,19,20,21);1H. The number of guanidine groups is 1. The highest BCUT2D eigenvalue weighted by Crippen LogP contribution is 2.25. The van der Waals surface area contributed by atoms with E-state index in [2.05, 4.69) is 68.5 Å². The minimum atomic E-state index is 0. The Balaban J connectivity index is 0.00000208. The van der Waals surface area contributed by atoms with E-state index in [4.69, 9.17) is 0 Å². The molecule has 0 amide bonds. The van der Waals surface area contributed by atoms with Crippen molar-refractivity contribution in [2.75, 3.05) is 25.9 Å². The average Bonchev–Trinajstić information content (AvgIpc) is 3.24. The van der Waals surface area contributed by atoms with Crippen LogP contribution in [0.3, 0.4) is 0 Å². The highest BCUT2D eigenvalue weighted by atomic mass is 127. The second-order valence-corrected chi connectivity index (χ2v) is 7.34. The summed E-state index contributed by atoms with van der Waals surface area (Å²) in [6, 6.07) is 10.7. The Kier molecular flexibility index (Phi) is 8.24. The van der Waals surface area contributed by atoms with Crippen molar-refractivity contribution in [2.45, 2.75) is 31.1 Å². The highest BCUT2D eigenvalue weighted by molar-refractivity contribution is 14.0. The molecule has 132 valence electrons. The van der Waals surface area contributed by atoms with Gasteiger partial charge >= 0.3 is 0 Å². The Morgan fingerprint density at radius 3 is 2.96 bits per heavy atom. The smallest absolute Gasteiger partial charge is 0.191 e. The Morgan fingerprint density at radius 2 is 2.17 bits per heavy atom. The number of thioether (sulfide) groups is 1. The number of aromatic nitrogens is 1. The molecule has 0 spiro atoms. The molecule has 2 heterocycles. The highest BCUT2D eigenvalue weighted by Gasteiger charge is 2.15. The summed E-state index contributed by atoms with van der Waals surface area (Å²) in [5.74, 6) is 2.23. The van der Waals surface area contributed by atoms with E-state index in [1.165, 1.54) is 29.5 Å². The van der Waals surface area contributed by atoms with Crippen LogP contribution in [0, 0.1) is 0 Å². The van der Waals surface area contributed by atoms with E-state index in [0.717, 1.165) is 37.3 Å². The monoisotopic (exact) mass is 458 g/mol. The minimum absolute atomic E-state index is 0. The fourth-order valence-corrected chi connectivity index (χ4v) is 4.23. The molecule has 1 fully saturated rings. The van der Waals surface area contributed by atoms with Crippen LogP contribution in [0.25, 0.3) is 10.9 Å². The van der Waals surface area contributed by atoms with Crippen LogP contribution in [0.5, 0.6) is 0 Å². The maximum Gasteiger partial charge on any atom is 0.191 e. The number of para-hydroxylation sites is 1. The first kappa shape index (κ1) is 19.4. The summed E-state index contributed by atoms with van der Waals surface area (Å²) >= 11 is 2.07. The van der Waals surface area contributed by atoms with Gasteiger partial charge in [-0.3, -0.25) is 4.99 Å². The molecule has 6 heteroatoms. The van der Waals surface area contributed by atoms with Crippen LogP contribution < -0.4 is 10.6 Å². The van der Waals surface area contributed by atoms with Gasteiger partial charge in [-0.1, -0.05) is 18.2 Å². The predicted octanol–water partition coefficient (Wildman–Crippen LogP) is 3.71. The molecule has 1 aromatic heterocycles. The normalized spacial score (nSPS) is 17.7. The molecular weight excluding hydrogens is 431 g/mol. The molecule has 0 radical (unpaired) electrons. The van der Waals surface area contributed by atoms with Crippen LogP contribution >= 0.6 is 35.7 Å². The molecule has 0 bridgehead atoms. The summed E-state index contributed by atoms with van der Waals surface area (Å²) in [4.78, 5) is 4.31. The van der Waals surface area contributed by atoms with Crippen molar-refractivity contribution in [1.82, 2.24) is 15.2 Å². The van der Waals surface area contributed by atoms with Crippen molar-refractivity contribution < 1.29 is 0 Å². The third-order valence-electron chi connectivity index (χ3n) is 4.29. The largest absolute Gasteiger partial charge is 0.356 e. The lowest BCUT2D eigenvalue weighted by Crippen LogP contribution is -2.40. The molecule has 1 unspecified atom stereocenters. The van der Waals surface area contributed by atoms with Crippen molar-refractivity contribution in [1.29, 1.82) is 0 Å². The number of rotatable bonds is 6. The summed E-state index contributed by atoms with van der Waals surface area (Å²) in [7, 11) is 1.84. The van der Waals surface area contributed by atoms with E-state index in [1.807, 2.05) is 7.05 Å². The predicted molar refractivity (Wildman–Crippen MR) is 117 cm³/mol. The Morgan fingerprint density at radius 1 is 1.29 bits per heavy atom. The first-order valence-corrected chi connectivity index (χ1v) is 9.51. The number of benzene rings is 1. The van der Waals surface area contributed by atoms with Crippen LogP contribution in [0.4, 0.5) is 0 Å². The lowest BCUT2D eigenvalue weighted by molar-refractivity contribution is 0.638.